The van der Waals surface area contributed by atoms with Crippen LogP contribution in [-0.4, -0.2) is 22.8 Å². The van der Waals surface area contributed by atoms with Crippen molar-refractivity contribution in [1.82, 2.24) is 0 Å². The average molecular weight is 321 g/mol. The Labute approximate surface area is 120 Å². The zero-order chi connectivity index (χ0) is 13.7. The van der Waals surface area contributed by atoms with Gasteiger partial charge in [-0.25, -0.2) is 0 Å². The number of rotatable bonds is 5. The largest absolute Gasteiger partial charge is 0.508 e. The van der Waals surface area contributed by atoms with Gasteiger partial charge in [-0.3, -0.25) is 4.79 Å². The minimum absolute atomic E-state index is 0.0768. The second-order valence-corrected chi connectivity index (χ2v) is 4.73. The Bertz CT molecular complexity index is 547. The van der Waals surface area contributed by atoms with Crippen LogP contribution in [0.25, 0.3) is 0 Å². The standard InChI is InChI=1S/C15H13BrO3/c16-9-10-19-14-7-3-12(4-8-14)15(18)11-1-5-13(17)6-2-11/h1-8,17H,9-10H2. The van der Waals surface area contributed by atoms with Gasteiger partial charge >= 0.3 is 0 Å². The van der Waals surface area contributed by atoms with Crippen molar-refractivity contribution in [2.24, 2.45) is 0 Å². The number of ether oxygens (including phenoxy) is 1. The molecule has 19 heavy (non-hydrogen) atoms. The number of carbonyl (C=O) groups is 1. The summed E-state index contributed by atoms with van der Waals surface area (Å²) >= 11 is 3.28. The van der Waals surface area contributed by atoms with Crippen molar-refractivity contribution in [2.45, 2.75) is 0 Å². The monoisotopic (exact) mass is 320 g/mol. The van der Waals surface area contributed by atoms with Crippen LogP contribution in [0.3, 0.4) is 0 Å². The van der Waals surface area contributed by atoms with Gasteiger partial charge in [0.05, 0.1) is 6.61 Å². The third-order valence-electron chi connectivity index (χ3n) is 2.59. The maximum atomic E-state index is 12.2. The lowest BCUT2D eigenvalue weighted by Crippen LogP contribution is -2.02. The number of hydrogen-bond donors (Lipinski definition) is 1. The molecule has 3 nitrogen and oxygen atoms in total. The van der Waals surface area contributed by atoms with E-state index in [-0.39, 0.29) is 11.5 Å². The second kappa shape index (κ2) is 6.38. The maximum Gasteiger partial charge on any atom is 0.193 e. The predicted molar refractivity (Wildman–Crippen MR) is 77.3 cm³/mol. The van der Waals surface area contributed by atoms with Crippen LogP contribution in [0.2, 0.25) is 0 Å². The fraction of sp³-hybridized carbons (Fsp3) is 0.133. The van der Waals surface area contributed by atoms with E-state index in [1.807, 2.05) is 0 Å². The molecular formula is C15H13BrO3. The normalized spacial score (nSPS) is 10.2. The van der Waals surface area contributed by atoms with Gasteiger partial charge in [0, 0.05) is 16.5 Å². The second-order valence-electron chi connectivity index (χ2n) is 3.94. The summed E-state index contributed by atoms with van der Waals surface area (Å²) in [7, 11) is 0. The molecule has 0 saturated heterocycles. The van der Waals surface area contributed by atoms with Gasteiger partial charge in [0.1, 0.15) is 11.5 Å². The molecule has 1 N–H and O–H groups in total. The van der Waals surface area contributed by atoms with Crippen LogP contribution in [-0.2, 0) is 0 Å². The molecular weight excluding hydrogens is 308 g/mol. The van der Waals surface area contributed by atoms with Crippen LogP contribution in [0, 0.1) is 0 Å². The fourth-order valence-electron chi connectivity index (χ4n) is 1.64. The zero-order valence-electron chi connectivity index (χ0n) is 10.2. The van der Waals surface area contributed by atoms with Crippen molar-refractivity contribution in [1.29, 1.82) is 0 Å². The first-order valence-corrected chi connectivity index (χ1v) is 6.95. The van der Waals surface area contributed by atoms with E-state index in [9.17, 15) is 9.90 Å². The Morgan fingerprint density at radius 2 is 1.53 bits per heavy atom. The van der Waals surface area contributed by atoms with Crippen LogP contribution in [0.5, 0.6) is 11.5 Å². The zero-order valence-corrected chi connectivity index (χ0v) is 11.8. The molecule has 0 spiro atoms. The highest BCUT2D eigenvalue weighted by Crippen LogP contribution is 2.17. The summed E-state index contributed by atoms with van der Waals surface area (Å²) in [5, 5.41) is 9.96. The molecule has 2 aromatic carbocycles. The molecule has 0 heterocycles. The Kier molecular flexibility index (Phi) is 4.58. The lowest BCUT2D eigenvalue weighted by Gasteiger charge is -2.05. The van der Waals surface area contributed by atoms with Crippen molar-refractivity contribution < 1.29 is 14.6 Å². The number of alkyl halides is 1. The molecule has 0 radical (unpaired) electrons. The van der Waals surface area contributed by atoms with Crippen molar-refractivity contribution in [3.05, 3.63) is 59.7 Å². The smallest absolute Gasteiger partial charge is 0.193 e. The van der Waals surface area contributed by atoms with Crippen LogP contribution in [0.4, 0.5) is 0 Å². The molecule has 0 aliphatic heterocycles. The molecule has 0 saturated carbocycles. The van der Waals surface area contributed by atoms with Crippen molar-refractivity contribution >= 4 is 21.7 Å². The minimum Gasteiger partial charge on any atom is -0.508 e. The lowest BCUT2D eigenvalue weighted by atomic mass is 10.0. The highest BCUT2D eigenvalue weighted by atomic mass is 79.9. The van der Waals surface area contributed by atoms with Crippen LogP contribution in [0.15, 0.2) is 48.5 Å². The third-order valence-corrected chi connectivity index (χ3v) is 2.92. The van der Waals surface area contributed by atoms with E-state index in [0.29, 0.717) is 17.7 Å². The number of ketones is 1. The molecule has 2 aromatic rings. The summed E-state index contributed by atoms with van der Waals surface area (Å²) in [5.74, 6) is 0.809. The Morgan fingerprint density at radius 3 is 2.05 bits per heavy atom. The molecule has 0 aromatic heterocycles. The molecule has 2 rings (SSSR count). The van der Waals surface area contributed by atoms with E-state index < -0.39 is 0 Å². The van der Waals surface area contributed by atoms with Gasteiger partial charge in [-0.2, -0.15) is 0 Å². The molecule has 0 unspecified atom stereocenters. The molecule has 0 aliphatic carbocycles. The first kappa shape index (κ1) is 13.6. The van der Waals surface area contributed by atoms with Crippen molar-refractivity contribution in [3.8, 4) is 11.5 Å². The van der Waals surface area contributed by atoms with Crippen LogP contribution >= 0.6 is 15.9 Å². The lowest BCUT2D eigenvalue weighted by molar-refractivity contribution is 0.103. The molecule has 0 aliphatic rings. The number of carbonyl (C=O) groups excluding carboxylic acids is 1. The van der Waals surface area contributed by atoms with E-state index in [1.165, 1.54) is 12.1 Å². The van der Waals surface area contributed by atoms with Gasteiger partial charge in [-0.15, -0.1) is 0 Å². The van der Waals surface area contributed by atoms with E-state index in [4.69, 9.17) is 4.74 Å². The quantitative estimate of drug-likeness (QED) is 0.678. The average Bonchev–Trinajstić information content (AvgIpc) is 2.46. The first-order chi connectivity index (χ1) is 9.20. The summed E-state index contributed by atoms with van der Waals surface area (Å²) < 4.78 is 5.42. The Hall–Kier alpha value is -1.81. The summed E-state index contributed by atoms with van der Waals surface area (Å²) in [4.78, 5) is 12.2. The van der Waals surface area contributed by atoms with E-state index >= 15 is 0 Å². The number of hydrogen-bond acceptors (Lipinski definition) is 3. The van der Waals surface area contributed by atoms with Gasteiger partial charge in [0.2, 0.25) is 0 Å². The van der Waals surface area contributed by atoms with E-state index in [1.54, 1.807) is 36.4 Å². The number of benzene rings is 2. The minimum atomic E-state index is -0.0768. The number of phenols is 1. The van der Waals surface area contributed by atoms with E-state index in [0.717, 1.165) is 11.1 Å². The van der Waals surface area contributed by atoms with Crippen LogP contribution < -0.4 is 4.74 Å². The number of halogens is 1. The SMILES string of the molecule is O=C(c1ccc(O)cc1)c1ccc(OCCBr)cc1. The summed E-state index contributed by atoms with van der Waals surface area (Å²) in [6.07, 6.45) is 0. The topological polar surface area (TPSA) is 46.5 Å². The number of phenolic OH excluding ortho intramolecular Hbond substituents is 1. The highest BCUT2D eigenvalue weighted by molar-refractivity contribution is 9.09. The van der Waals surface area contributed by atoms with Gasteiger partial charge in [-0.05, 0) is 48.5 Å². The van der Waals surface area contributed by atoms with E-state index in [2.05, 4.69) is 15.9 Å². The third kappa shape index (κ3) is 3.58. The highest BCUT2D eigenvalue weighted by Gasteiger charge is 2.08. The number of aromatic hydroxyl groups is 1. The Morgan fingerprint density at radius 1 is 1.00 bits per heavy atom. The summed E-state index contributed by atoms with van der Waals surface area (Å²) in [6, 6.07) is 13.2. The van der Waals surface area contributed by atoms with Gasteiger partial charge < -0.3 is 9.84 Å². The van der Waals surface area contributed by atoms with Crippen LogP contribution in [0.1, 0.15) is 15.9 Å². The Balaban J connectivity index is 2.13. The molecule has 98 valence electrons. The molecule has 0 atom stereocenters. The predicted octanol–water partition coefficient (Wildman–Crippen LogP) is 3.40. The van der Waals surface area contributed by atoms with Crippen molar-refractivity contribution in [2.75, 3.05) is 11.9 Å². The summed E-state index contributed by atoms with van der Waals surface area (Å²) in [6.45, 7) is 0.589. The van der Waals surface area contributed by atoms with Gasteiger partial charge in [-0.1, -0.05) is 15.9 Å². The van der Waals surface area contributed by atoms with Crippen molar-refractivity contribution in [3.63, 3.8) is 0 Å². The van der Waals surface area contributed by atoms with Gasteiger partial charge in [0.15, 0.2) is 5.78 Å². The van der Waals surface area contributed by atoms with Gasteiger partial charge in [0.25, 0.3) is 0 Å². The fourth-order valence-corrected chi connectivity index (χ4v) is 1.80. The molecule has 0 bridgehead atoms. The molecule has 0 amide bonds. The molecule has 0 fully saturated rings. The molecule has 4 heteroatoms. The summed E-state index contributed by atoms with van der Waals surface area (Å²) in [5.41, 5.74) is 1.14. The maximum absolute atomic E-state index is 12.2. The first-order valence-electron chi connectivity index (χ1n) is 5.83.